The van der Waals surface area contributed by atoms with E-state index in [0.29, 0.717) is 0 Å². The van der Waals surface area contributed by atoms with Crippen molar-refractivity contribution in [1.29, 1.82) is 0 Å². The number of rotatable bonds is 9. The zero-order valence-electron chi connectivity index (χ0n) is 11.0. The predicted octanol–water partition coefficient (Wildman–Crippen LogP) is 3.09. The van der Waals surface area contributed by atoms with Gasteiger partial charge in [0.05, 0.1) is 6.10 Å². The van der Waals surface area contributed by atoms with Crippen LogP contribution in [-0.2, 0) is 6.42 Å². The number of hydrogen-bond donors (Lipinski definition) is 2. The molecule has 0 aliphatic rings. The molecule has 1 rings (SSSR count). The van der Waals surface area contributed by atoms with Crippen LogP contribution in [-0.4, -0.2) is 22.9 Å². The lowest BCUT2D eigenvalue weighted by atomic mass is 10.0. The first-order valence-electron chi connectivity index (χ1n) is 6.80. The Labute approximate surface area is 110 Å². The van der Waals surface area contributed by atoms with Crippen molar-refractivity contribution in [3.63, 3.8) is 0 Å². The summed E-state index contributed by atoms with van der Waals surface area (Å²) in [6.45, 7) is 0.271. The maximum absolute atomic E-state index is 9.82. The van der Waals surface area contributed by atoms with Gasteiger partial charge in [0.15, 0.2) is 0 Å². The topological polar surface area (TPSA) is 40.5 Å². The molecule has 100 valence electrons. The van der Waals surface area contributed by atoms with E-state index in [1.54, 1.807) is 0 Å². The van der Waals surface area contributed by atoms with E-state index < -0.39 is 0 Å². The zero-order chi connectivity index (χ0) is 13.1. The van der Waals surface area contributed by atoms with Gasteiger partial charge in [0, 0.05) is 6.61 Å². The molecular formula is C16H24O2. The van der Waals surface area contributed by atoms with Crippen LogP contribution in [0.15, 0.2) is 42.5 Å². The van der Waals surface area contributed by atoms with Crippen molar-refractivity contribution >= 4 is 0 Å². The summed E-state index contributed by atoms with van der Waals surface area (Å²) in [6.07, 6.45) is 9.24. The van der Waals surface area contributed by atoms with Gasteiger partial charge in [-0.15, -0.1) is 0 Å². The third kappa shape index (κ3) is 7.25. The van der Waals surface area contributed by atoms with Gasteiger partial charge >= 0.3 is 0 Å². The summed E-state index contributed by atoms with van der Waals surface area (Å²) >= 11 is 0. The predicted molar refractivity (Wildman–Crippen MR) is 75.5 cm³/mol. The molecule has 2 heteroatoms. The van der Waals surface area contributed by atoms with Crippen LogP contribution in [0.1, 0.15) is 37.7 Å². The Kier molecular flexibility index (Phi) is 8.19. The van der Waals surface area contributed by atoms with E-state index in [9.17, 15) is 5.11 Å². The highest BCUT2D eigenvalue weighted by Gasteiger charge is 2.01. The number of aryl methyl sites for hydroxylation is 1. The summed E-state index contributed by atoms with van der Waals surface area (Å²) in [7, 11) is 0. The summed E-state index contributed by atoms with van der Waals surface area (Å²) < 4.78 is 0. The third-order valence-electron chi connectivity index (χ3n) is 2.96. The van der Waals surface area contributed by atoms with E-state index in [1.165, 1.54) is 5.56 Å². The largest absolute Gasteiger partial charge is 0.396 e. The fraction of sp³-hybridized carbons (Fsp3) is 0.500. The van der Waals surface area contributed by atoms with Crippen LogP contribution < -0.4 is 0 Å². The molecule has 0 aliphatic heterocycles. The van der Waals surface area contributed by atoms with E-state index in [4.69, 9.17) is 5.11 Å². The standard InChI is InChI=1S/C16H24O2/c17-14-8-3-1-2-7-11-16(18)13-12-15-9-5-4-6-10-15/h2,4-7,9-10,16-18H,1,3,8,11-14H2/b7-2+/t16-/m1/s1. The van der Waals surface area contributed by atoms with Gasteiger partial charge in [-0.05, 0) is 44.1 Å². The number of unbranched alkanes of at least 4 members (excludes halogenated alkanes) is 2. The van der Waals surface area contributed by atoms with Gasteiger partial charge in [0.1, 0.15) is 0 Å². The lowest BCUT2D eigenvalue weighted by Gasteiger charge is -2.07. The number of benzene rings is 1. The number of aliphatic hydroxyl groups excluding tert-OH is 2. The smallest absolute Gasteiger partial charge is 0.0577 e. The quantitative estimate of drug-likeness (QED) is 0.521. The van der Waals surface area contributed by atoms with Crippen molar-refractivity contribution in [2.24, 2.45) is 0 Å². The van der Waals surface area contributed by atoms with Crippen molar-refractivity contribution in [1.82, 2.24) is 0 Å². The molecule has 2 nitrogen and oxygen atoms in total. The normalized spacial score (nSPS) is 13.0. The number of aliphatic hydroxyl groups is 2. The third-order valence-corrected chi connectivity index (χ3v) is 2.96. The number of hydrogen-bond acceptors (Lipinski definition) is 2. The molecule has 1 aromatic carbocycles. The van der Waals surface area contributed by atoms with Crippen LogP contribution in [0.2, 0.25) is 0 Å². The van der Waals surface area contributed by atoms with Crippen LogP contribution in [0, 0.1) is 0 Å². The molecule has 1 aromatic rings. The van der Waals surface area contributed by atoms with Gasteiger partial charge < -0.3 is 10.2 Å². The Bertz CT molecular complexity index is 319. The molecule has 18 heavy (non-hydrogen) atoms. The zero-order valence-corrected chi connectivity index (χ0v) is 11.0. The molecule has 0 bridgehead atoms. The Hall–Kier alpha value is -1.12. The summed E-state index contributed by atoms with van der Waals surface area (Å²) in [4.78, 5) is 0. The molecule has 0 aromatic heterocycles. The first-order valence-corrected chi connectivity index (χ1v) is 6.80. The van der Waals surface area contributed by atoms with Crippen molar-refractivity contribution in [3.05, 3.63) is 48.0 Å². The number of allylic oxidation sites excluding steroid dienone is 1. The lowest BCUT2D eigenvalue weighted by Crippen LogP contribution is -2.06. The highest BCUT2D eigenvalue weighted by atomic mass is 16.3. The summed E-state index contributed by atoms with van der Waals surface area (Å²) in [5, 5.41) is 18.4. The molecule has 0 spiro atoms. The SMILES string of the molecule is OCCCC/C=C/C[C@@H](O)CCc1ccccc1. The minimum absolute atomic E-state index is 0.251. The van der Waals surface area contributed by atoms with Crippen LogP contribution in [0.5, 0.6) is 0 Å². The molecule has 0 unspecified atom stereocenters. The van der Waals surface area contributed by atoms with Crippen LogP contribution in [0.3, 0.4) is 0 Å². The summed E-state index contributed by atoms with van der Waals surface area (Å²) in [5.74, 6) is 0. The summed E-state index contributed by atoms with van der Waals surface area (Å²) in [6, 6.07) is 10.3. The molecule has 0 saturated heterocycles. The van der Waals surface area contributed by atoms with Gasteiger partial charge in [0.25, 0.3) is 0 Å². The van der Waals surface area contributed by atoms with Gasteiger partial charge in [-0.1, -0.05) is 42.5 Å². The van der Waals surface area contributed by atoms with E-state index in [-0.39, 0.29) is 12.7 Å². The minimum atomic E-state index is -0.251. The first kappa shape index (κ1) is 14.9. The van der Waals surface area contributed by atoms with Crippen molar-refractivity contribution in [2.45, 2.75) is 44.6 Å². The van der Waals surface area contributed by atoms with Gasteiger partial charge in [-0.25, -0.2) is 0 Å². The molecular weight excluding hydrogens is 224 g/mol. The molecule has 0 saturated carbocycles. The Morgan fingerprint density at radius 1 is 1.06 bits per heavy atom. The van der Waals surface area contributed by atoms with Crippen molar-refractivity contribution < 1.29 is 10.2 Å². The molecule has 2 N–H and O–H groups in total. The van der Waals surface area contributed by atoms with Gasteiger partial charge in [-0.2, -0.15) is 0 Å². The molecule has 0 amide bonds. The van der Waals surface area contributed by atoms with E-state index in [1.807, 2.05) is 24.3 Å². The Balaban J connectivity index is 2.08. The fourth-order valence-corrected chi connectivity index (χ4v) is 1.84. The van der Waals surface area contributed by atoms with Crippen LogP contribution in [0.25, 0.3) is 0 Å². The average Bonchev–Trinajstić information content (AvgIpc) is 2.41. The molecule has 1 atom stereocenters. The average molecular weight is 248 g/mol. The van der Waals surface area contributed by atoms with Crippen LogP contribution in [0.4, 0.5) is 0 Å². The van der Waals surface area contributed by atoms with E-state index in [2.05, 4.69) is 18.2 Å². The Morgan fingerprint density at radius 2 is 1.83 bits per heavy atom. The van der Waals surface area contributed by atoms with Crippen molar-refractivity contribution in [3.8, 4) is 0 Å². The second-order valence-corrected chi connectivity index (χ2v) is 4.60. The van der Waals surface area contributed by atoms with Crippen LogP contribution >= 0.6 is 0 Å². The fourth-order valence-electron chi connectivity index (χ4n) is 1.84. The maximum atomic E-state index is 9.82. The maximum Gasteiger partial charge on any atom is 0.0577 e. The van der Waals surface area contributed by atoms with E-state index in [0.717, 1.165) is 38.5 Å². The van der Waals surface area contributed by atoms with Gasteiger partial charge in [0.2, 0.25) is 0 Å². The first-order chi connectivity index (χ1) is 8.83. The second kappa shape index (κ2) is 9.86. The minimum Gasteiger partial charge on any atom is -0.396 e. The highest BCUT2D eigenvalue weighted by Crippen LogP contribution is 2.08. The lowest BCUT2D eigenvalue weighted by molar-refractivity contribution is 0.168. The van der Waals surface area contributed by atoms with Crippen molar-refractivity contribution in [2.75, 3.05) is 6.61 Å². The molecule has 0 aliphatic carbocycles. The monoisotopic (exact) mass is 248 g/mol. The summed E-state index contributed by atoms with van der Waals surface area (Å²) in [5.41, 5.74) is 1.28. The second-order valence-electron chi connectivity index (χ2n) is 4.60. The molecule has 0 radical (unpaired) electrons. The Morgan fingerprint density at radius 3 is 2.56 bits per heavy atom. The molecule has 0 fully saturated rings. The molecule has 0 heterocycles. The van der Waals surface area contributed by atoms with E-state index >= 15 is 0 Å². The highest BCUT2D eigenvalue weighted by molar-refractivity contribution is 5.14. The van der Waals surface area contributed by atoms with Gasteiger partial charge in [-0.3, -0.25) is 0 Å².